The SMILES string of the molecule is CC[C@@]1(C)CCCN(CC2=CN3C(=CN(c4cccc(C(C5=NCNN5)C5CCC5)c4)C3O)C(C(F)(F)F)=C2)C1. The number of amidine groups is 1. The van der Waals surface area contributed by atoms with Gasteiger partial charge in [0, 0.05) is 37.1 Å². The van der Waals surface area contributed by atoms with Gasteiger partial charge in [-0.1, -0.05) is 32.4 Å². The number of aliphatic hydroxyl groups excluding tert-OH is 1. The van der Waals surface area contributed by atoms with Crippen LogP contribution in [0, 0.1) is 11.3 Å². The summed E-state index contributed by atoms with van der Waals surface area (Å²) in [6, 6.07) is 7.76. The Bertz CT molecular complexity index is 1250. The van der Waals surface area contributed by atoms with Crippen LogP contribution < -0.4 is 15.8 Å². The Morgan fingerprint density at radius 1 is 1.18 bits per heavy atom. The second-order valence-electron chi connectivity index (χ2n) is 12.2. The number of likely N-dealkylation sites (tertiary alicyclic amines) is 1. The van der Waals surface area contributed by atoms with Crippen LogP contribution in [-0.2, 0) is 0 Å². The summed E-state index contributed by atoms with van der Waals surface area (Å²) in [6.45, 7) is 7.09. The molecule has 4 heterocycles. The first-order chi connectivity index (χ1) is 19.1. The van der Waals surface area contributed by atoms with E-state index in [0.717, 1.165) is 56.6 Å². The molecule has 7 nitrogen and oxygen atoms in total. The molecule has 5 aliphatic rings. The van der Waals surface area contributed by atoms with Crippen molar-refractivity contribution in [2.75, 3.05) is 31.2 Å². The van der Waals surface area contributed by atoms with E-state index in [2.05, 4.69) is 34.6 Å². The van der Waals surface area contributed by atoms with Gasteiger partial charge >= 0.3 is 6.18 Å². The quantitative estimate of drug-likeness (QED) is 0.431. The zero-order valence-corrected chi connectivity index (χ0v) is 23.2. The lowest BCUT2D eigenvalue weighted by Crippen LogP contribution is -2.43. The number of allylic oxidation sites excluding steroid dienone is 1. The van der Waals surface area contributed by atoms with E-state index in [9.17, 15) is 18.3 Å². The molecule has 3 N–H and O–H groups in total. The molecule has 2 unspecified atom stereocenters. The van der Waals surface area contributed by atoms with E-state index in [4.69, 9.17) is 0 Å². The number of alkyl halides is 3. The molecule has 1 saturated carbocycles. The lowest BCUT2D eigenvalue weighted by Gasteiger charge is -2.41. The molecule has 1 aliphatic carbocycles. The van der Waals surface area contributed by atoms with Crippen LogP contribution in [0.3, 0.4) is 0 Å². The van der Waals surface area contributed by atoms with Crippen molar-refractivity contribution in [3.05, 3.63) is 65.1 Å². The first-order valence-corrected chi connectivity index (χ1v) is 14.5. The summed E-state index contributed by atoms with van der Waals surface area (Å²) in [6.07, 6.45) is 5.17. The Balaban J connectivity index is 1.28. The van der Waals surface area contributed by atoms with E-state index in [0.29, 0.717) is 30.4 Å². The third-order valence-corrected chi connectivity index (χ3v) is 9.36. The maximum atomic E-state index is 14.3. The van der Waals surface area contributed by atoms with Gasteiger partial charge in [-0.3, -0.25) is 9.89 Å². The molecule has 4 aliphatic heterocycles. The van der Waals surface area contributed by atoms with Gasteiger partial charge in [-0.25, -0.2) is 5.43 Å². The number of aliphatic hydroxyl groups is 1. The van der Waals surface area contributed by atoms with Crippen LogP contribution in [-0.4, -0.2) is 59.6 Å². The summed E-state index contributed by atoms with van der Waals surface area (Å²) in [7, 11) is 0. The number of nitrogens with zero attached hydrogens (tertiary/aromatic N) is 4. The van der Waals surface area contributed by atoms with Crippen molar-refractivity contribution in [1.29, 1.82) is 0 Å². The lowest BCUT2D eigenvalue weighted by atomic mass is 9.72. The maximum Gasteiger partial charge on any atom is 0.418 e. The molecule has 1 aromatic carbocycles. The van der Waals surface area contributed by atoms with Crippen molar-refractivity contribution in [1.82, 2.24) is 20.7 Å². The number of piperidine rings is 1. The van der Waals surface area contributed by atoms with Crippen molar-refractivity contribution < 1.29 is 18.3 Å². The van der Waals surface area contributed by atoms with Crippen molar-refractivity contribution in [2.45, 2.75) is 70.8 Å². The Morgan fingerprint density at radius 3 is 2.67 bits per heavy atom. The Kier molecular flexibility index (Phi) is 7.21. The second kappa shape index (κ2) is 10.5. The maximum absolute atomic E-state index is 14.3. The minimum absolute atomic E-state index is 0.0345. The molecule has 0 aromatic heterocycles. The van der Waals surface area contributed by atoms with Crippen LogP contribution in [0.1, 0.15) is 63.9 Å². The number of rotatable bonds is 7. The van der Waals surface area contributed by atoms with Gasteiger partial charge in [-0.2, -0.15) is 13.2 Å². The standard InChI is InChI=1S/C30H39F3N6O/c1-3-29(2)11-6-12-37(18-29)15-20-13-24(30(31,32)33)25-17-38(28(40)39(25)16-20)23-10-5-9-22(14-23)26(21-7-4-8-21)27-34-19-35-36-27/h5,9-10,13-14,16-17,21,26,28,35,40H,3-4,6-8,11-12,15,18-19H2,1-2H3,(H,34,36)/t26?,28?,29-/m0/s1. The van der Waals surface area contributed by atoms with E-state index in [1.54, 1.807) is 6.20 Å². The third-order valence-electron chi connectivity index (χ3n) is 9.36. The molecule has 1 aromatic rings. The predicted molar refractivity (Wildman–Crippen MR) is 150 cm³/mol. The van der Waals surface area contributed by atoms with Gasteiger partial charge in [-0.15, -0.1) is 0 Å². The van der Waals surface area contributed by atoms with Crippen LogP contribution in [0.2, 0.25) is 0 Å². The lowest BCUT2D eigenvalue weighted by molar-refractivity contribution is -0.0924. The number of anilines is 1. The van der Waals surface area contributed by atoms with E-state index in [1.807, 2.05) is 24.3 Å². The normalized spacial score (nSPS) is 28.3. The molecule has 0 spiro atoms. The smallest absolute Gasteiger partial charge is 0.356 e. The molecule has 2 fully saturated rings. The first-order valence-electron chi connectivity index (χ1n) is 14.5. The summed E-state index contributed by atoms with van der Waals surface area (Å²) < 4.78 is 43.0. The predicted octanol–water partition coefficient (Wildman–Crippen LogP) is 5.17. The fourth-order valence-electron chi connectivity index (χ4n) is 6.75. The zero-order chi connectivity index (χ0) is 28.1. The molecular weight excluding hydrogens is 517 g/mol. The van der Waals surface area contributed by atoms with Crippen molar-refractivity contribution in [2.24, 2.45) is 16.3 Å². The van der Waals surface area contributed by atoms with Crippen LogP contribution in [0.25, 0.3) is 0 Å². The second-order valence-corrected chi connectivity index (χ2v) is 12.2. The summed E-state index contributed by atoms with van der Waals surface area (Å²) in [4.78, 5) is 9.74. The summed E-state index contributed by atoms with van der Waals surface area (Å²) in [5, 5.41) is 11.4. The molecule has 0 amide bonds. The van der Waals surface area contributed by atoms with Gasteiger partial charge < -0.3 is 20.3 Å². The topological polar surface area (TPSA) is 66.4 Å². The van der Waals surface area contributed by atoms with E-state index in [1.165, 1.54) is 28.5 Å². The molecule has 40 heavy (non-hydrogen) atoms. The molecular formula is C30H39F3N6O. The highest BCUT2D eigenvalue weighted by molar-refractivity contribution is 5.90. The van der Waals surface area contributed by atoms with Gasteiger partial charge in [-0.05, 0) is 79.3 Å². The molecule has 1 saturated heterocycles. The van der Waals surface area contributed by atoms with Gasteiger partial charge in [0.2, 0.25) is 6.35 Å². The summed E-state index contributed by atoms with van der Waals surface area (Å²) in [5.41, 5.74) is 7.91. The highest BCUT2D eigenvalue weighted by Gasteiger charge is 2.45. The van der Waals surface area contributed by atoms with E-state index in [-0.39, 0.29) is 17.0 Å². The summed E-state index contributed by atoms with van der Waals surface area (Å²) in [5.74, 6) is 1.43. The molecule has 3 atom stereocenters. The number of benzene rings is 1. The average Bonchev–Trinajstić information content (AvgIpc) is 3.54. The highest BCUT2D eigenvalue weighted by Crippen LogP contribution is 2.44. The minimum atomic E-state index is -4.55. The van der Waals surface area contributed by atoms with Gasteiger partial charge in [0.25, 0.3) is 0 Å². The van der Waals surface area contributed by atoms with Crippen molar-refractivity contribution in [3.63, 3.8) is 0 Å². The van der Waals surface area contributed by atoms with Gasteiger partial charge in [0.05, 0.1) is 11.3 Å². The number of hydrazine groups is 1. The number of hydrogen-bond acceptors (Lipinski definition) is 7. The zero-order valence-electron chi connectivity index (χ0n) is 23.2. The van der Waals surface area contributed by atoms with Crippen molar-refractivity contribution in [3.8, 4) is 0 Å². The molecule has 10 heteroatoms. The monoisotopic (exact) mass is 556 g/mol. The summed E-state index contributed by atoms with van der Waals surface area (Å²) >= 11 is 0. The Morgan fingerprint density at radius 2 is 2.00 bits per heavy atom. The fraction of sp³-hybridized carbons (Fsp3) is 0.567. The minimum Gasteiger partial charge on any atom is -0.356 e. The Hall–Kier alpha value is -2.82. The first kappa shape index (κ1) is 27.4. The largest absolute Gasteiger partial charge is 0.418 e. The number of aliphatic imine (C=N–C) groups is 1. The van der Waals surface area contributed by atoms with Gasteiger partial charge in [0.15, 0.2) is 0 Å². The molecule has 6 rings (SSSR count). The fourth-order valence-corrected chi connectivity index (χ4v) is 6.75. The molecule has 0 bridgehead atoms. The van der Waals surface area contributed by atoms with Crippen LogP contribution in [0.15, 0.2) is 64.6 Å². The van der Waals surface area contributed by atoms with E-state index < -0.39 is 18.1 Å². The Labute approximate surface area is 234 Å². The number of halogens is 3. The number of hydrogen-bond donors (Lipinski definition) is 3. The van der Waals surface area contributed by atoms with E-state index >= 15 is 0 Å². The highest BCUT2D eigenvalue weighted by atomic mass is 19.4. The molecule has 216 valence electrons. The van der Waals surface area contributed by atoms with Crippen LogP contribution >= 0.6 is 0 Å². The van der Waals surface area contributed by atoms with Crippen molar-refractivity contribution >= 4 is 11.5 Å². The van der Waals surface area contributed by atoms with Gasteiger partial charge in [0.1, 0.15) is 12.5 Å². The average molecular weight is 557 g/mol. The van der Waals surface area contributed by atoms with Crippen LogP contribution in [0.5, 0.6) is 0 Å². The van der Waals surface area contributed by atoms with Crippen LogP contribution in [0.4, 0.5) is 18.9 Å². The third kappa shape index (κ3) is 5.17. The number of fused-ring (bicyclic) bond motifs is 1. The number of nitrogens with one attached hydrogen (secondary N) is 2. The molecule has 0 radical (unpaired) electrons.